The van der Waals surface area contributed by atoms with Gasteiger partial charge in [0.1, 0.15) is 5.71 Å². The summed E-state index contributed by atoms with van der Waals surface area (Å²) in [5, 5.41) is 0. The molecule has 0 fully saturated rings. The van der Waals surface area contributed by atoms with Gasteiger partial charge in [-0.25, -0.2) is 0 Å². The van der Waals surface area contributed by atoms with Gasteiger partial charge in [0.25, 0.3) is 0 Å². The van der Waals surface area contributed by atoms with Crippen molar-refractivity contribution < 1.29 is 4.79 Å². The summed E-state index contributed by atoms with van der Waals surface area (Å²) in [7, 11) is 2.11. The number of aliphatic imine (C=N–C) groups is 1. The molecule has 0 radical (unpaired) electrons. The van der Waals surface area contributed by atoms with Crippen LogP contribution in [0.4, 0.5) is 5.69 Å². The topological polar surface area (TPSA) is 32.7 Å². The van der Waals surface area contributed by atoms with Crippen LogP contribution in [0.5, 0.6) is 0 Å². The third-order valence-corrected chi connectivity index (χ3v) is 9.29. The molecule has 0 saturated carbocycles. The maximum absolute atomic E-state index is 14.5. The van der Waals surface area contributed by atoms with Gasteiger partial charge in [-0.2, -0.15) is 0 Å². The predicted molar refractivity (Wildman–Crippen MR) is 170 cm³/mol. The number of carbonyl (C=O) groups is 1. The first-order valence-electron chi connectivity index (χ1n) is 14.6. The smallest absolute Gasteiger partial charge is 0.185 e. The van der Waals surface area contributed by atoms with Crippen LogP contribution in [0.25, 0.3) is 0 Å². The molecule has 0 saturated heterocycles. The molecule has 206 valence electrons. The highest BCUT2D eigenvalue weighted by molar-refractivity contribution is 6.48. The number of allylic oxidation sites excluding steroid dienone is 1. The number of ketones is 1. The zero-order chi connectivity index (χ0) is 28.7. The van der Waals surface area contributed by atoms with Crippen molar-refractivity contribution in [3.05, 3.63) is 148 Å². The van der Waals surface area contributed by atoms with Crippen LogP contribution >= 0.6 is 0 Å². The van der Waals surface area contributed by atoms with Crippen molar-refractivity contribution in [2.24, 2.45) is 10.9 Å². The fraction of sp³-hybridized carbons (Fsp3) is 0.263. The van der Waals surface area contributed by atoms with Crippen molar-refractivity contribution >= 4 is 17.2 Å². The maximum atomic E-state index is 14.5. The number of anilines is 1. The molecule has 2 unspecified atom stereocenters. The van der Waals surface area contributed by atoms with E-state index in [-0.39, 0.29) is 23.0 Å². The molecule has 41 heavy (non-hydrogen) atoms. The van der Waals surface area contributed by atoms with E-state index in [4.69, 9.17) is 4.99 Å². The summed E-state index contributed by atoms with van der Waals surface area (Å²) in [6, 6.07) is 33.7. The highest BCUT2D eigenvalue weighted by atomic mass is 16.1. The molecule has 0 amide bonds. The van der Waals surface area contributed by atoms with E-state index in [1.807, 2.05) is 24.4 Å². The van der Waals surface area contributed by atoms with E-state index >= 15 is 0 Å². The number of hydrogen-bond acceptors (Lipinski definition) is 3. The van der Waals surface area contributed by atoms with E-state index in [0.29, 0.717) is 12.1 Å². The van der Waals surface area contributed by atoms with Crippen LogP contribution in [-0.4, -0.2) is 18.5 Å². The molecule has 3 heteroatoms. The minimum absolute atomic E-state index is 0.0772. The standard InChI is InChI=1S/C38H38N2O/c1-25-20-21-33-35(26(25)2)38(3,4)34(40(33)5)24-39-36-30-19-13-12-18-29(30)31(22-27-14-8-6-9-15-27)32(37(36)41)23-28-16-10-7-11-17-28/h6-21,24,31-32H,22-23H2,1-5H3/b34-24+,39-36?. The lowest BCUT2D eigenvalue weighted by Gasteiger charge is -2.34. The molecule has 0 N–H and O–H groups in total. The number of fused-ring (bicyclic) bond motifs is 2. The monoisotopic (exact) mass is 538 g/mol. The van der Waals surface area contributed by atoms with E-state index < -0.39 is 0 Å². The lowest BCUT2D eigenvalue weighted by Crippen LogP contribution is -2.38. The summed E-state index contributed by atoms with van der Waals surface area (Å²) in [5.74, 6) is 0.0165. The van der Waals surface area contributed by atoms with Gasteiger partial charge < -0.3 is 4.90 Å². The van der Waals surface area contributed by atoms with Gasteiger partial charge in [-0.1, -0.05) is 105 Å². The van der Waals surface area contributed by atoms with Crippen LogP contribution in [0.3, 0.4) is 0 Å². The Bertz CT molecular complexity index is 1660. The molecule has 4 aromatic carbocycles. The molecule has 2 atom stereocenters. The van der Waals surface area contributed by atoms with Crippen LogP contribution in [-0.2, 0) is 23.1 Å². The summed E-state index contributed by atoms with van der Waals surface area (Å²) in [4.78, 5) is 21.8. The normalized spacial score (nSPS) is 21.3. The number of benzene rings is 4. The van der Waals surface area contributed by atoms with E-state index in [0.717, 1.165) is 17.7 Å². The van der Waals surface area contributed by atoms with E-state index in [1.54, 1.807) is 0 Å². The number of Topliss-reactive ketones (excluding diaryl/α,β-unsaturated/α-hetero) is 1. The van der Waals surface area contributed by atoms with E-state index in [9.17, 15) is 4.79 Å². The number of carbonyl (C=O) groups excluding carboxylic acids is 1. The molecule has 4 aromatic rings. The quantitative estimate of drug-likeness (QED) is 0.257. The number of hydrogen-bond donors (Lipinski definition) is 0. The average Bonchev–Trinajstić information content (AvgIpc) is 3.18. The molecule has 1 aliphatic heterocycles. The molecule has 1 heterocycles. The Hall–Kier alpha value is -4.24. The van der Waals surface area contributed by atoms with Crippen LogP contribution in [0.2, 0.25) is 0 Å². The molecular formula is C38H38N2O. The van der Waals surface area contributed by atoms with Crippen molar-refractivity contribution in [2.45, 2.75) is 51.9 Å². The Balaban J connectivity index is 1.46. The van der Waals surface area contributed by atoms with Crippen LogP contribution in [0.1, 0.15) is 58.7 Å². The van der Waals surface area contributed by atoms with Gasteiger partial charge in [0.2, 0.25) is 0 Å². The van der Waals surface area contributed by atoms with Crippen molar-refractivity contribution in [3.63, 3.8) is 0 Å². The van der Waals surface area contributed by atoms with E-state index in [1.165, 1.54) is 39.1 Å². The largest absolute Gasteiger partial charge is 0.346 e. The highest BCUT2D eigenvalue weighted by Gasteiger charge is 2.42. The second-order valence-corrected chi connectivity index (χ2v) is 12.1. The third kappa shape index (κ3) is 4.74. The van der Waals surface area contributed by atoms with Gasteiger partial charge in [-0.05, 0) is 72.1 Å². The zero-order valence-corrected chi connectivity index (χ0v) is 24.7. The Morgan fingerprint density at radius 1 is 0.780 bits per heavy atom. The Kier molecular flexibility index (Phi) is 6.99. The molecule has 0 aromatic heterocycles. The molecular weight excluding hydrogens is 500 g/mol. The maximum Gasteiger partial charge on any atom is 0.185 e. The molecule has 3 nitrogen and oxygen atoms in total. The zero-order valence-electron chi connectivity index (χ0n) is 24.7. The fourth-order valence-corrected chi connectivity index (χ4v) is 7.02. The van der Waals surface area contributed by atoms with Gasteiger partial charge in [0, 0.05) is 41.5 Å². The summed E-state index contributed by atoms with van der Waals surface area (Å²) in [6.07, 6.45) is 3.46. The van der Waals surface area contributed by atoms with Crippen LogP contribution in [0, 0.1) is 19.8 Å². The first-order chi connectivity index (χ1) is 19.8. The van der Waals surface area contributed by atoms with Gasteiger partial charge in [0.05, 0.1) is 0 Å². The first-order valence-corrected chi connectivity index (χ1v) is 14.6. The summed E-state index contributed by atoms with van der Waals surface area (Å²) < 4.78 is 0. The lowest BCUT2D eigenvalue weighted by molar-refractivity contribution is -0.117. The number of nitrogens with zero attached hydrogens (tertiary/aromatic N) is 2. The van der Waals surface area contributed by atoms with Crippen LogP contribution in [0.15, 0.2) is 114 Å². The highest BCUT2D eigenvalue weighted by Crippen LogP contribution is 2.49. The Morgan fingerprint density at radius 2 is 1.37 bits per heavy atom. The fourth-order valence-electron chi connectivity index (χ4n) is 7.02. The minimum atomic E-state index is -0.221. The second kappa shape index (κ2) is 10.6. The summed E-state index contributed by atoms with van der Waals surface area (Å²) in [6.45, 7) is 8.90. The van der Waals surface area contributed by atoms with Gasteiger partial charge in [-0.15, -0.1) is 0 Å². The van der Waals surface area contributed by atoms with Crippen molar-refractivity contribution in [1.82, 2.24) is 0 Å². The van der Waals surface area contributed by atoms with Crippen LogP contribution < -0.4 is 4.90 Å². The minimum Gasteiger partial charge on any atom is -0.346 e. The third-order valence-electron chi connectivity index (χ3n) is 9.29. The molecule has 0 spiro atoms. The van der Waals surface area contributed by atoms with E-state index in [2.05, 4.69) is 119 Å². The lowest BCUT2D eigenvalue weighted by atomic mass is 9.69. The SMILES string of the molecule is Cc1ccc2c(c1C)C(C)(C)/C(=C\N=C1C(=O)C(Cc3ccccc3)C(Cc3ccccc3)c3ccccc31)N2C. The van der Waals surface area contributed by atoms with Crippen molar-refractivity contribution in [3.8, 4) is 0 Å². The Morgan fingerprint density at radius 3 is 2.02 bits per heavy atom. The second-order valence-electron chi connectivity index (χ2n) is 12.1. The van der Waals surface area contributed by atoms with Gasteiger partial charge in [-0.3, -0.25) is 9.79 Å². The van der Waals surface area contributed by atoms with Crippen molar-refractivity contribution in [2.75, 3.05) is 11.9 Å². The predicted octanol–water partition coefficient (Wildman–Crippen LogP) is 8.13. The number of likely N-dealkylation sites (N-methyl/N-ethyl adjacent to an activating group) is 1. The Labute approximate surface area is 244 Å². The van der Waals surface area contributed by atoms with Gasteiger partial charge in [0.15, 0.2) is 5.78 Å². The summed E-state index contributed by atoms with van der Waals surface area (Å²) in [5.41, 5.74) is 11.2. The average molecular weight is 539 g/mol. The number of rotatable bonds is 5. The molecule has 1 aliphatic carbocycles. The molecule has 2 aliphatic rings. The number of aryl methyl sites for hydroxylation is 1. The van der Waals surface area contributed by atoms with Crippen molar-refractivity contribution in [1.29, 1.82) is 0 Å². The summed E-state index contributed by atoms with van der Waals surface area (Å²) >= 11 is 0. The molecule has 6 rings (SSSR count). The molecule has 0 bridgehead atoms. The van der Waals surface area contributed by atoms with Gasteiger partial charge >= 0.3 is 0 Å². The first kappa shape index (κ1) is 27.0.